The number of benzene rings is 2. The molecule has 2 aromatic rings. The van der Waals surface area contributed by atoms with Gasteiger partial charge >= 0.3 is 12.1 Å². The third kappa shape index (κ3) is 4.59. The number of aliphatic carboxylic acids is 1. The molecule has 3 N–H and O–H groups in total. The molecule has 0 spiro atoms. The number of anilines is 1. The topological polar surface area (TPSA) is 75.7 Å². The number of hydrogen-bond acceptors (Lipinski definition) is 3. The zero-order valence-corrected chi connectivity index (χ0v) is 13.5. The molecule has 0 unspecified atom stereocenters. The van der Waals surface area contributed by atoms with E-state index < -0.39 is 17.7 Å². The lowest BCUT2D eigenvalue weighted by atomic mass is 9.95. The van der Waals surface area contributed by atoms with E-state index in [4.69, 9.17) is 10.8 Å². The molecule has 0 amide bonds. The van der Waals surface area contributed by atoms with Crippen LogP contribution in [0.2, 0.25) is 0 Å². The van der Waals surface area contributed by atoms with Gasteiger partial charge in [-0.05, 0) is 47.4 Å². The zero-order valence-electron chi connectivity index (χ0n) is 13.5. The molecular weight excluding hydrogens is 333 g/mol. The minimum absolute atomic E-state index is 0.0939. The van der Waals surface area contributed by atoms with Gasteiger partial charge in [0, 0.05) is 30.9 Å². The molecule has 7 heteroatoms. The van der Waals surface area contributed by atoms with Crippen LogP contribution in [0.4, 0.5) is 18.9 Å². The highest BCUT2D eigenvalue weighted by atomic mass is 19.4. The van der Waals surface area contributed by atoms with Crippen LogP contribution in [-0.2, 0) is 17.4 Å². The fourth-order valence-corrected chi connectivity index (χ4v) is 2.45. The van der Waals surface area contributed by atoms with Gasteiger partial charge in [0.2, 0.25) is 0 Å². The Bertz CT molecular complexity index is 797. The number of nitrogens with zero attached hydrogens (tertiary/aromatic N) is 1. The summed E-state index contributed by atoms with van der Waals surface area (Å²) in [5.41, 5.74) is 8.19. The largest absolute Gasteiger partial charge is 0.481 e. The van der Waals surface area contributed by atoms with Crippen molar-refractivity contribution in [2.24, 2.45) is 4.99 Å². The number of nitrogens with two attached hydrogens (primary N) is 1. The van der Waals surface area contributed by atoms with Gasteiger partial charge in [-0.3, -0.25) is 9.79 Å². The summed E-state index contributed by atoms with van der Waals surface area (Å²) in [5, 5.41) is 8.86. The van der Waals surface area contributed by atoms with Crippen LogP contribution in [-0.4, -0.2) is 24.3 Å². The van der Waals surface area contributed by atoms with Gasteiger partial charge in [0.25, 0.3) is 0 Å². The predicted molar refractivity (Wildman–Crippen MR) is 90.8 cm³/mol. The van der Waals surface area contributed by atoms with Crippen molar-refractivity contribution < 1.29 is 23.1 Å². The summed E-state index contributed by atoms with van der Waals surface area (Å²) in [5.74, 6) is -0.954. The van der Waals surface area contributed by atoms with Crippen LogP contribution in [0.1, 0.15) is 23.1 Å². The lowest BCUT2D eigenvalue weighted by molar-refractivity contribution is -0.138. The summed E-state index contributed by atoms with van der Waals surface area (Å²) >= 11 is 0. The maximum absolute atomic E-state index is 12.7. The van der Waals surface area contributed by atoms with Gasteiger partial charge in [-0.15, -0.1) is 0 Å². The summed E-state index contributed by atoms with van der Waals surface area (Å²) in [6.07, 6.45) is -2.73. The van der Waals surface area contributed by atoms with E-state index in [0.29, 0.717) is 27.9 Å². The van der Waals surface area contributed by atoms with Crippen molar-refractivity contribution in [1.82, 2.24) is 0 Å². The van der Waals surface area contributed by atoms with Gasteiger partial charge in [-0.2, -0.15) is 13.2 Å². The first-order valence-electron chi connectivity index (χ1n) is 7.46. The van der Waals surface area contributed by atoms with E-state index in [0.717, 1.165) is 12.1 Å². The number of aryl methyl sites for hydroxylation is 1. The van der Waals surface area contributed by atoms with E-state index in [1.807, 2.05) is 0 Å². The fraction of sp³-hybridized carbons (Fsp3) is 0.222. The molecule has 2 rings (SSSR count). The van der Waals surface area contributed by atoms with Crippen molar-refractivity contribution in [3.63, 3.8) is 0 Å². The first-order valence-corrected chi connectivity index (χ1v) is 7.46. The molecule has 0 aliphatic rings. The molecule has 0 atom stereocenters. The second-order valence-corrected chi connectivity index (χ2v) is 5.49. The summed E-state index contributed by atoms with van der Waals surface area (Å²) in [6, 6.07) is 8.19. The van der Waals surface area contributed by atoms with E-state index >= 15 is 0 Å². The van der Waals surface area contributed by atoms with Crippen molar-refractivity contribution in [2.75, 3.05) is 12.8 Å². The van der Waals surface area contributed by atoms with Crippen LogP contribution in [0.3, 0.4) is 0 Å². The molecule has 0 radical (unpaired) electrons. The third-order valence-corrected chi connectivity index (χ3v) is 3.72. The Hall–Kier alpha value is -2.83. The Labute approximate surface area is 142 Å². The van der Waals surface area contributed by atoms with Crippen molar-refractivity contribution in [3.05, 3.63) is 53.1 Å². The lowest BCUT2D eigenvalue weighted by Crippen LogP contribution is -2.05. The molecule has 0 aliphatic carbocycles. The van der Waals surface area contributed by atoms with Crippen molar-refractivity contribution in [3.8, 4) is 11.1 Å². The number of alkyl halides is 3. The molecule has 0 heterocycles. The van der Waals surface area contributed by atoms with Gasteiger partial charge in [-0.1, -0.05) is 12.1 Å². The van der Waals surface area contributed by atoms with Gasteiger partial charge in [0.1, 0.15) is 0 Å². The number of carbonyl (C=O) groups is 1. The highest BCUT2D eigenvalue weighted by Gasteiger charge is 2.30. The second-order valence-electron chi connectivity index (χ2n) is 5.49. The molecule has 0 fully saturated rings. The highest BCUT2D eigenvalue weighted by molar-refractivity contribution is 5.91. The van der Waals surface area contributed by atoms with E-state index in [2.05, 4.69) is 4.99 Å². The Morgan fingerprint density at radius 1 is 1.20 bits per heavy atom. The minimum atomic E-state index is -4.40. The SMILES string of the molecule is CN=Cc1cc(-c2ccc(C(F)(F)F)cc2)cc(CCC(=O)O)c1N. The standard InChI is InChI=1S/C18H17F3N2O2/c1-23-10-14-9-13(8-12(17(14)22)4-7-16(24)25)11-2-5-15(6-3-11)18(19,20)21/h2-3,5-6,8-10H,4,7,22H2,1H3,(H,24,25). The average Bonchev–Trinajstić information content (AvgIpc) is 2.55. The number of carboxylic acids is 1. The molecule has 0 saturated carbocycles. The number of nitrogen functional groups attached to an aromatic ring is 1. The van der Waals surface area contributed by atoms with Crippen LogP contribution in [0, 0.1) is 0 Å². The van der Waals surface area contributed by atoms with Crippen molar-refractivity contribution >= 4 is 17.9 Å². The minimum Gasteiger partial charge on any atom is -0.481 e. The molecule has 0 aliphatic heterocycles. The van der Waals surface area contributed by atoms with E-state index in [-0.39, 0.29) is 12.8 Å². The van der Waals surface area contributed by atoms with Crippen LogP contribution < -0.4 is 5.73 Å². The Morgan fingerprint density at radius 3 is 2.36 bits per heavy atom. The highest BCUT2D eigenvalue weighted by Crippen LogP contribution is 2.32. The van der Waals surface area contributed by atoms with Crippen LogP contribution in [0.5, 0.6) is 0 Å². The molecule has 132 valence electrons. The van der Waals surface area contributed by atoms with Crippen LogP contribution in [0.25, 0.3) is 11.1 Å². The monoisotopic (exact) mass is 350 g/mol. The van der Waals surface area contributed by atoms with Gasteiger partial charge in [-0.25, -0.2) is 0 Å². The Morgan fingerprint density at radius 2 is 1.84 bits per heavy atom. The lowest BCUT2D eigenvalue weighted by Gasteiger charge is -2.13. The van der Waals surface area contributed by atoms with Crippen LogP contribution >= 0.6 is 0 Å². The maximum atomic E-state index is 12.7. The fourth-order valence-electron chi connectivity index (χ4n) is 2.45. The third-order valence-electron chi connectivity index (χ3n) is 3.72. The Balaban J connectivity index is 2.47. The van der Waals surface area contributed by atoms with Crippen molar-refractivity contribution in [2.45, 2.75) is 19.0 Å². The number of aliphatic imine (C=N–C) groups is 1. The molecule has 25 heavy (non-hydrogen) atoms. The normalized spacial score (nSPS) is 11.8. The number of rotatable bonds is 5. The summed E-state index contributed by atoms with van der Waals surface area (Å²) < 4.78 is 38.1. The van der Waals surface area contributed by atoms with Gasteiger partial charge < -0.3 is 10.8 Å². The first-order chi connectivity index (χ1) is 11.7. The molecular formula is C18H17F3N2O2. The predicted octanol–water partition coefficient (Wildman–Crippen LogP) is 4.02. The smallest absolute Gasteiger partial charge is 0.416 e. The van der Waals surface area contributed by atoms with Crippen molar-refractivity contribution in [1.29, 1.82) is 0 Å². The number of hydrogen-bond donors (Lipinski definition) is 2. The van der Waals surface area contributed by atoms with E-state index in [1.54, 1.807) is 19.2 Å². The maximum Gasteiger partial charge on any atom is 0.416 e. The first kappa shape index (κ1) is 18.5. The summed E-state index contributed by atoms with van der Waals surface area (Å²) in [7, 11) is 1.57. The number of halogens is 3. The Kier molecular flexibility index (Phi) is 5.46. The second kappa shape index (κ2) is 7.38. The summed E-state index contributed by atoms with van der Waals surface area (Å²) in [6.45, 7) is 0. The molecule has 0 aromatic heterocycles. The van der Waals surface area contributed by atoms with E-state index in [1.165, 1.54) is 18.3 Å². The zero-order chi connectivity index (χ0) is 18.6. The van der Waals surface area contributed by atoms with Crippen LogP contribution in [0.15, 0.2) is 41.4 Å². The summed E-state index contributed by atoms with van der Waals surface area (Å²) in [4.78, 5) is 14.7. The van der Waals surface area contributed by atoms with E-state index in [9.17, 15) is 18.0 Å². The molecule has 0 saturated heterocycles. The van der Waals surface area contributed by atoms with Gasteiger partial charge in [0.05, 0.1) is 5.56 Å². The molecule has 4 nitrogen and oxygen atoms in total. The number of carboxylic acid groups (broad SMARTS) is 1. The van der Waals surface area contributed by atoms with Gasteiger partial charge in [0.15, 0.2) is 0 Å². The molecule has 0 bridgehead atoms. The quantitative estimate of drug-likeness (QED) is 0.632. The molecule has 2 aromatic carbocycles. The average molecular weight is 350 g/mol.